The topological polar surface area (TPSA) is 45.5 Å². The zero-order chi connectivity index (χ0) is 16.7. The Morgan fingerprint density at radius 1 is 1.13 bits per heavy atom. The van der Waals surface area contributed by atoms with Gasteiger partial charge in [0, 0.05) is 24.3 Å². The van der Waals surface area contributed by atoms with Crippen LogP contribution < -0.4 is 5.43 Å². The van der Waals surface area contributed by atoms with E-state index in [-0.39, 0.29) is 11.2 Å². The molecule has 1 aliphatic carbocycles. The fourth-order valence-electron chi connectivity index (χ4n) is 3.71. The standard InChI is InChI=1S/C19H32N2O2/c1-3-11-20(12-4-2)14-17-13-18(22)19(23)15-21(17)16-9-7-5-6-8-10-16/h13,15-16,23H,3-12,14H2,1-2H3. The molecule has 0 aromatic carbocycles. The molecule has 0 amide bonds. The summed E-state index contributed by atoms with van der Waals surface area (Å²) in [7, 11) is 0. The molecule has 1 fully saturated rings. The van der Waals surface area contributed by atoms with E-state index < -0.39 is 0 Å². The number of aromatic nitrogens is 1. The lowest BCUT2D eigenvalue weighted by Crippen LogP contribution is -2.28. The molecule has 4 nitrogen and oxygen atoms in total. The Bertz CT molecular complexity index is 525. The van der Waals surface area contributed by atoms with Crippen LogP contribution in [0.1, 0.15) is 76.9 Å². The Hall–Kier alpha value is -1.29. The molecule has 23 heavy (non-hydrogen) atoms. The lowest BCUT2D eigenvalue weighted by Gasteiger charge is -2.27. The first kappa shape index (κ1) is 18.1. The second kappa shape index (κ2) is 9.11. The van der Waals surface area contributed by atoms with Gasteiger partial charge in [-0.15, -0.1) is 0 Å². The quantitative estimate of drug-likeness (QED) is 0.770. The van der Waals surface area contributed by atoms with Gasteiger partial charge in [0.15, 0.2) is 5.75 Å². The minimum absolute atomic E-state index is 0.115. The highest BCUT2D eigenvalue weighted by Crippen LogP contribution is 2.29. The van der Waals surface area contributed by atoms with Crippen LogP contribution >= 0.6 is 0 Å². The van der Waals surface area contributed by atoms with E-state index in [0.717, 1.165) is 51.0 Å². The van der Waals surface area contributed by atoms with Gasteiger partial charge < -0.3 is 9.67 Å². The van der Waals surface area contributed by atoms with E-state index in [1.807, 2.05) is 0 Å². The van der Waals surface area contributed by atoms with Crippen LogP contribution in [0.25, 0.3) is 0 Å². The fraction of sp³-hybridized carbons (Fsp3) is 0.737. The zero-order valence-corrected chi connectivity index (χ0v) is 14.8. The van der Waals surface area contributed by atoms with Crippen molar-refractivity contribution in [3.8, 4) is 5.75 Å². The average Bonchev–Trinajstić information content (AvgIpc) is 2.80. The fourth-order valence-corrected chi connectivity index (χ4v) is 3.71. The van der Waals surface area contributed by atoms with Crippen molar-refractivity contribution in [2.75, 3.05) is 13.1 Å². The Morgan fingerprint density at radius 3 is 2.30 bits per heavy atom. The van der Waals surface area contributed by atoms with Crippen molar-refractivity contribution >= 4 is 0 Å². The third-order valence-electron chi connectivity index (χ3n) is 4.83. The van der Waals surface area contributed by atoms with Crippen LogP contribution in [0, 0.1) is 0 Å². The summed E-state index contributed by atoms with van der Waals surface area (Å²) in [5.74, 6) is -0.115. The molecule has 0 bridgehead atoms. The molecule has 1 aromatic heterocycles. The Labute approximate surface area is 140 Å². The summed E-state index contributed by atoms with van der Waals surface area (Å²) in [4.78, 5) is 14.4. The lowest BCUT2D eigenvalue weighted by molar-refractivity contribution is 0.253. The Kier molecular flexibility index (Phi) is 7.15. The molecule has 1 aromatic rings. The molecular weight excluding hydrogens is 288 g/mol. The van der Waals surface area contributed by atoms with Gasteiger partial charge in [0.05, 0.1) is 6.20 Å². The zero-order valence-electron chi connectivity index (χ0n) is 14.8. The van der Waals surface area contributed by atoms with E-state index in [2.05, 4.69) is 23.3 Å². The van der Waals surface area contributed by atoms with Gasteiger partial charge in [-0.1, -0.05) is 39.5 Å². The number of pyridine rings is 1. The summed E-state index contributed by atoms with van der Waals surface area (Å²) in [6.45, 7) is 7.28. The van der Waals surface area contributed by atoms with E-state index in [1.165, 1.54) is 25.7 Å². The maximum atomic E-state index is 12.0. The van der Waals surface area contributed by atoms with Gasteiger partial charge in [0.25, 0.3) is 0 Å². The van der Waals surface area contributed by atoms with Crippen LogP contribution in [-0.2, 0) is 6.54 Å². The first-order valence-corrected chi connectivity index (χ1v) is 9.32. The molecule has 0 unspecified atom stereocenters. The first-order chi connectivity index (χ1) is 11.2. The third kappa shape index (κ3) is 5.10. The van der Waals surface area contributed by atoms with Crippen LogP contribution in [0.5, 0.6) is 5.75 Å². The second-order valence-electron chi connectivity index (χ2n) is 6.84. The minimum Gasteiger partial charge on any atom is -0.503 e. The summed E-state index contributed by atoms with van der Waals surface area (Å²) in [5.41, 5.74) is 0.805. The molecule has 0 radical (unpaired) electrons. The first-order valence-electron chi connectivity index (χ1n) is 9.32. The molecule has 4 heteroatoms. The highest BCUT2D eigenvalue weighted by Gasteiger charge is 2.18. The lowest BCUT2D eigenvalue weighted by atomic mass is 10.1. The summed E-state index contributed by atoms with van der Waals surface area (Å²) in [5, 5.41) is 9.92. The van der Waals surface area contributed by atoms with E-state index in [9.17, 15) is 9.90 Å². The maximum Gasteiger partial charge on any atom is 0.223 e. The molecule has 0 atom stereocenters. The minimum atomic E-state index is -0.252. The van der Waals surface area contributed by atoms with Crippen LogP contribution in [0.2, 0.25) is 0 Å². The van der Waals surface area contributed by atoms with Gasteiger partial charge in [-0.2, -0.15) is 0 Å². The molecule has 0 spiro atoms. The van der Waals surface area contributed by atoms with Crippen LogP contribution in [0.3, 0.4) is 0 Å². The van der Waals surface area contributed by atoms with Crippen LogP contribution in [0.15, 0.2) is 17.1 Å². The number of hydrogen-bond donors (Lipinski definition) is 1. The Balaban J connectivity index is 2.28. The predicted molar refractivity (Wildman–Crippen MR) is 95.0 cm³/mol. The summed E-state index contributed by atoms with van der Waals surface area (Å²) in [6.07, 6.45) is 11.3. The molecular formula is C19H32N2O2. The highest BCUT2D eigenvalue weighted by molar-refractivity contribution is 5.21. The monoisotopic (exact) mass is 320 g/mol. The van der Waals surface area contributed by atoms with E-state index in [0.29, 0.717) is 6.04 Å². The Morgan fingerprint density at radius 2 is 1.74 bits per heavy atom. The van der Waals surface area contributed by atoms with Gasteiger partial charge in [-0.05, 0) is 38.8 Å². The SMILES string of the molecule is CCCN(CCC)Cc1cc(=O)c(O)cn1C1CCCCCC1. The number of aromatic hydroxyl groups is 1. The van der Waals surface area contributed by atoms with Crippen molar-refractivity contribution in [3.63, 3.8) is 0 Å². The van der Waals surface area contributed by atoms with Gasteiger partial charge >= 0.3 is 0 Å². The van der Waals surface area contributed by atoms with Crippen molar-refractivity contribution in [1.82, 2.24) is 9.47 Å². The number of rotatable bonds is 7. The van der Waals surface area contributed by atoms with E-state index in [4.69, 9.17) is 0 Å². The molecule has 1 N–H and O–H groups in total. The van der Waals surface area contributed by atoms with Crippen molar-refractivity contribution in [2.45, 2.75) is 77.8 Å². The molecule has 1 aliphatic rings. The molecule has 0 saturated heterocycles. The maximum absolute atomic E-state index is 12.0. The van der Waals surface area contributed by atoms with Gasteiger partial charge in [-0.3, -0.25) is 9.69 Å². The van der Waals surface area contributed by atoms with Crippen molar-refractivity contribution < 1.29 is 5.11 Å². The largest absolute Gasteiger partial charge is 0.503 e. The molecule has 130 valence electrons. The third-order valence-corrected chi connectivity index (χ3v) is 4.83. The number of hydrogen-bond acceptors (Lipinski definition) is 3. The van der Waals surface area contributed by atoms with E-state index >= 15 is 0 Å². The predicted octanol–water partition coefficient (Wildman–Crippen LogP) is 4.07. The molecule has 0 aliphatic heterocycles. The van der Waals surface area contributed by atoms with Gasteiger partial charge in [-0.25, -0.2) is 0 Å². The molecule has 2 rings (SSSR count). The van der Waals surface area contributed by atoms with Crippen LogP contribution in [0.4, 0.5) is 0 Å². The normalized spacial score (nSPS) is 16.7. The van der Waals surface area contributed by atoms with Crippen molar-refractivity contribution in [2.24, 2.45) is 0 Å². The molecule has 1 saturated carbocycles. The van der Waals surface area contributed by atoms with Crippen LogP contribution in [-0.4, -0.2) is 27.7 Å². The number of nitrogens with zero attached hydrogens (tertiary/aromatic N) is 2. The van der Waals surface area contributed by atoms with Crippen molar-refractivity contribution in [1.29, 1.82) is 0 Å². The van der Waals surface area contributed by atoms with Crippen molar-refractivity contribution in [3.05, 3.63) is 28.2 Å². The highest BCUT2D eigenvalue weighted by atomic mass is 16.3. The van der Waals surface area contributed by atoms with E-state index in [1.54, 1.807) is 12.3 Å². The van der Waals surface area contributed by atoms with Gasteiger partial charge in [0.2, 0.25) is 5.43 Å². The molecule has 1 heterocycles. The summed E-state index contributed by atoms with van der Waals surface area (Å²) in [6, 6.07) is 2.07. The summed E-state index contributed by atoms with van der Waals surface area (Å²) >= 11 is 0. The smallest absolute Gasteiger partial charge is 0.223 e. The second-order valence-corrected chi connectivity index (χ2v) is 6.84. The average molecular weight is 320 g/mol. The van der Waals surface area contributed by atoms with Gasteiger partial charge in [0.1, 0.15) is 0 Å². The summed E-state index contributed by atoms with van der Waals surface area (Å²) < 4.78 is 2.19.